The van der Waals surface area contributed by atoms with E-state index < -0.39 is 5.97 Å². The Morgan fingerprint density at radius 2 is 1.66 bits per heavy atom. The quantitative estimate of drug-likeness (QED) is 0.368. The first-order chi connectivity index (χ1) is 15.5. The van der Waals surface area contributed by atoms with Crippen LogP contribution in [0.3, 0.4) is 0 Å². The molecule has 0 saturated carbocycles. The molecule has 0 bridgehead atoms. The highest BCUT2D eigenvalue weighted by molar-refractivity contribution is 7.10. The van der Waals surface area contributed by atoms with Gasteiger partial charge in [-0.25, -0.2) is 4.79 Å². The fourth-order valence-electron chi connectivity index (χ4n) is 3.66. The number of hydrogen-bond acceptors (Lipinski definition) is 4. The van der Waals surface area contributed by atoms with Crippen LogP contribution in [0.2, 0.25) is 0 Å². The first-order valence-electron chi connectivity index (χ1n) is 10.3. The summed E-state index contributed by atoms with van der Waals surface area (Å²) in [7, 11) is 1.68. The second-order valence-electron chi connectivity index (χ2n) is 7.47. The second kappa shape index (κ2) is 9.66. The number of carbonyl (C=O) groups excluding carboxylic acids is 1. The minimum Gasteiger partial charge on any atom is -0.484 e. The van der Waals surface area contributed by atoms with E-state index in [0.29, 0.717) is 13.0 Å². The van der Waals surface area contributed by atoms with E-state index in [9.17, 15) is 14.7 Å². The lowest BCUT2D eigenvalue weighted by Gasteiger charge is -2.23. The summed E-state index contributed by atoms with van der Waals surface area (Å²) < 4.78 is 6.45. The van der Waals surface area contributed by atoms with E-state index in [2.05, 4.69) is 12.1 Å². The number of carboxylic acid groups (broad SMARTS) is 1. The van der Waals surface area contributed by atoms with Crippen LogP contribution in [-0.4, -0.2) is 35.5 Å². The molecule has 0 fully saturated rings. The standard InChI is InChI=1S/C26H23NO4S/c1-27(25(28)20-11-4-5-12-21(20)26(29)30)16-15-23(24-14-7-17-32-24)31-22-13-6-9-18-8-2-3-10-19(18)22/h2-14,17,23H,15-16H2,1H3,(H,29,30). The molecule has 4 rings (SSSR count). The Hall–Kier alpha value is -3.64. The van der Waals surface area contributed by atoms with Crippen molar-refractivity contribution in [2.24, 2.45) is 0 Å². The van der Waals surface area contributed by atoms with E-state index >= 15 is 0 Å². The lowest BCUT2D eigenvalue weighted by atomic mass is 10.1. The zero-order valence-corrected chi connectivity index (χ0v) is 18.4. The van der Waals surface area contributed by atoms with Crippen LogP contribution >= 0.6 is 11.3 Å². The van der Waals surface area contributed by atoms with E-state index in [0.717, 1.165) is 21.4 Å². The monoisotopic (exact) mass is 445 g/mol. The van der Waals surface area contributed by atoms with Gasteiger partial charge in [-0.3, -0.25) is 4.79 Å². The molecule has 3 aromatic carbocycles. The molecular weight excluding hydrogens is 422 g/mol. The molecule has 0 aliphatic carbocycles. The molecule has 1 atom stereocenters. The molecule has 0 radical (unpaired) electrons. The molecule has 0 aliphatic heterocycles. The van der Waals surface area contributed by atoms with Crippen LogP contribution in [-0.2, 0) is 0 Å². The lowest BCUT2D eigenvalue weighted by molar-refractivity contribution is 0.0678. The third-order valence-corrected chi connectivity index (χ3v) is 6.31. The maximum absolute atomic E-state index is 12.9. The molecule has 1 unspecified atom stereocenters. The Bertz CT molecular complexity index is 1230. The van der Waals surface area contributed by atoms with Crippen molar-refractivity contribution >= 4 is 34.0 Å². The molecule has 0 spiro atoms. The summed E-state index contributed by atoms with van der Waals surface area (Å²) in [5, 5.41) is 13.5. The molecule has 1 aromatic heterocycles. The van der Waals surface area contributed by atoms with E-state index in [1.165, 1.54) is 6.07 Å². The molecule has 32 heavy (non-hydrogen) atoms. The number of amides is 1. The lowest BCUT2D eigenvalue weighted by Crippen LogP contribution is -2.30. The minimum absolute atomic E-state index is 0.00571. The van der Waals surface area contributed by atoms with Crippen LogP contribution < -0.4 is 4.74 Å². The van der Waals surface area contributed by atoms with Crippen LogP contribution in [0.5, 0.6) is 5.75 Å². The summed E-state index contributed by atoms with van der Waals surface area (Å²) in [5.74, 6) is -0.636. The first-order valence-corrected chi connectivity index (χ1v) is 11.2. The van der Waals surface area contributed by atoms with Gasteiger partial charge in [-0.15, -0.1) is 11.3 Å². The number of benzene rings is 3. The van der Waals surface area contributed by atoms with Gasteiger partial charge in [-0.1, -0.05) is 54.6 Å². The molecule has 6 heteroatoms. The van der Waals surface area contributed by atoms with Crippen LogP contribution in [0, 0.1) is 0 Å². The SMILES string of the molecule is CN(CCC(Oc1cccc2ccccc12)c1cccs1)C(=O)c1ccccc1C(=O)O. The summed E-state index contributed by atoms with van der Waals surface area (Å²) in [6, 6.07) is 24.4. The number of aromatic carboxylic acids is 1. The molecule has 0 saturated heterocycles. The Morgan fingerprint density at radius 3 is 2.41 bits per heavy atom. The van der Waals surface area contributed by atoms with E-state index in [-0.39, 0.29) is 23.1 Å². The predicted octanol–water partition coefficient (Wildman–Crippen LogP) is 5.88. The van der Waals surface area contributed by atoms with Crippen LogP contribution in [0.4, 0.5) is 0 Å². The molecule has 1 heterocycles. The summed E-state index contributed by atoms with van der Waals surface area (Å²) in [5.41, 5.74) is 0.191. The number of thiophene rings is 1. The first kappa shape index (κ1) is 21.6. The smallest absolute Gasteiger partial charge is 0.336 e. The fraction of sp³-hybridized carbons (Fsp3) is 0.154. The summed E-state index contributed by atoms with van der Waals surface area (Å²) in [6.45, 7) is 0.417. The topological polar surface area (TPSA) is 66.8 Å². The van der Waals surface area contributed by atoms with Gasteiger partial charge in [0.1, 0.15) is 11.9 Å². The van der Waals surface area contributed by atoms with Crippen LogP contribution in [0.25, 0.3) is 10.8 Å². The van der Waals surface area contributed by atoms with E-state index in [4.69, 9.17) is 4.74 Å². The van der Waals surface area contributed by atoms with Gasteiger partial charge in [0.2, 0.25) is 0 Å². The normalized spacial score (nSPS) is 11.8. The Morgan fingerprint density at radius 1 is 0.938 bits per heavy atom. The van der Waals surface area contributed by atoms with Crippen molar-refractivity contribution in [1.29, 1.82) is 0 Å². The zero-order chi connectivity index (χ0) is 22.5. The second-order valence-corrected chi connectivity index (χ2v) is 8.44. The molecule has 162 valence electrons. The molecule has 4 aromatic rings. The number of nitrogens with zero attached hydrogens (tertiary/aromatic N) is 1. The van der Waals surface area contributed by atoms with Crippen molar-refractivity contribution in [3.05, 3.63) is 100 Å². The van der Waals surface area contributed by atoms with Crippen molar-refractivity contribution in [2.45, 2.75) is 12.5 Å². The highest BCUT2D eigenvalue weighted by Crippen LogP contribution is 2.33. The number of ether oxygens (including phenoxy) is 1. The third-order valence-electron chi connectivity index (χ3n) is 5.34. The number of carbonyl (C=O) groups is 2. The average molecular weight is 446 g/mol. The number of rotatable bonds is 8. The maximum atomic E-state index is 12.9. The summed E-state index contributed by atoms with van der Waals surface area (Å²) in [4.78, 5) is 27.0. The Labute approximate surface area is 190 Å². The number of fused-ring (bicyclic) bond motifs is 1. The maximum Gasteiger partial charge on any atom is 0.336 e. The van der Waals surface area contributed by atoms with Gasteiger partial charge >= 0.3 is 5.97 Å². The largest absolute Gasteiger partial charge is 0.484 e. The van der Waals surface area contributed by atoms with Crippen LogP contribution in [0.1, 0.15) is 38.1 Å². The Kier molecular flexibility index (Phi) is 6.52. The van der Waals surface area contributed by atoms with Crippen molar-refractivity contribution in [2.75, 3.05) is 13.6 Å². The highest BCUT2D eigenvalue weighted by atomic mass is 32.1. The van der Waals surface area contributed by atoms with Crippen molar-refractivity contribution in [3.8, 4) is 5.75 Å². The molecule has 0 aliphatic rings. The van der Waals surface area contributed by atoms with Crippen molar-refractivity contribution in [1.82, 2.24) is 4.90 Å². The highest BCUT2D eigenvalue weighted by Gasteiger charge is 2.22. The van der Waals surface area contributed by atoms with E-state index in [1.807, 2.05) is 47.8 Å². The summed E-state index contributed by atoms with van der Waals surface area (Å²) in [6.07, 6.45) is 0.340. The Balaban J connectivity index is 1.53. The number of carboxylic acids is 1. The molecule has 5 nitrogen and oxygen atoms in total. The van der Waals surface area contributed by atoms with Crippen molar-refractivity contribution in [3.63, 3.8) is 0 Å². The zero-order valence-electron chi connectivity index (χ0n) is 17.6. The van der Waals surface area contributed by atoms with Crippen molar-refractivity contribution < 1.29 is 19.4 Å². The van der Waals surface area contributed by atoms with Gasteiger partial charge in [0.15, 0.2) is 0 Å². The minimum atomic E-state index is -1.11. The van der Waals surface area contributed by atoms with Gasteiger partial charge in [-0.2, -0.15) is 0 Å². The number of hydrogen-bond donors (Lipinski definition) is 1. The van der Waals surface area contributed by atoms with Gasteiger partial charge in [0.25, 0.3) is 5.91 Å². The fourth-order valence-corrected chi connectivity index (χ4v) is 4.45. The molecular formula is C26H23NO4S. The van der Waals surface area contributed by atoms with E-state index in [1.54, 1.807) is 41.5 Å². The predicted molar refractivity (Wildman–Crippen MR) is 127 cm³/mol. The van der Waals surface area contributed by atoms with Gasteiger partial charge in [-0.05, 0) is 35.0 Å². The average Bonchev–Trinajstić information content (AvgIpc) is 3.36. The molecule has 1 N–H and O–H groups in total. The van der Waals surface area contributed by atoms with Gasteiger partial charge in [0.05, 0.1) is 11.1 Å². The third kappa shape index (κ3) is 4.65. The van der Waals surface area contributed by atoms with Gasteiger partial charge < -0.3 is 14.7 Å². The van der Waals surface area contributed by atoms with Gasteiger partial charge in [0, 0.05) is 30.3 Å². The summed E-state index contributed by atoms with van der Waals surface area (Å²) >= 11 is 1.61. The van der Waals surface area contributed by atoms with Crippen LogP contribution in [0.15, 0.2) is 84.2 Å². The molecule has 1 amide bonds.